The van der Waals surface area contributed by atoms with Crippen LogP contribution in [0.25, 0.3) is 0 Å². The van der Waals surface area contributed by atoms with Crippen LogP contribution in [0.2, 0.25) is 4.47 Å². The normalized spacial score (nSPS) is 12.8. The number of thioether (sulfide) groups is 1. The molecule has 0 aromatic carbocycles. The SMILES string of the molecule is CC(SCc1cnc(Cl)s1)C(=O)O. The van der Waals surface area contributed by atoms with Crippen LogP contribution < -0.4 is 0 Å². The molecule has 0 aliphatic rings. The van der Waals surface area contributed by atoms with Gasteiger partial charge in [0.1, 0.15) is 0 Å². The zero-order valence-corrected chi connectivity index (χ0v) is 9.25. The van der Waals surface area contributed by atoms with Gasteiger partial charge in [-0.1, -0.05) is 11.6 Å². The van der Waals surface area contributed by atoms with E-state index in [0.717, 1.165) is 4.88 Å². The Hall–Kier alpha value is -0.260. The summed E-state index contributed by atoms with van der Waals surface area (Å²) in [6.45, 7) is 1.66. The molecule has 1 aromatic heterocycles. The Bertz CT molecular complexity index is 302. The van der Waals surface area contributed by atoms with E-state index in [1.54, 1.807) is 13.1 Å². The maximum Gasteiger partial charge on any atom is 0.316 e. The fourth-order valence-corrected chi connectivity index (χ4v) is 2.47. The number of halogens is 1. The number of thiazole rings is 1. The minimum Gasteiger partial charge on any atom is -0.480 e. The van der Waals surface area contributed by atoms with Gasteiger partial charge in [-0.3, -0.25) is 4.79 Å². The molecule has 1 N–H and O–H groups in total. The molecule has 1 atom stereocenters. The Morgan fingerprint density at radius 1 is 1.92 bits per heavy atom. The summed E-state index contributed by atoms with van der Waals surface area (Å²) < 4.78 is 0.499. The van der Waals surface area contributed by atoms with Crippen LogP contribution in [-0.2, 0) is 10.5 Å². The highest BCUT2D eigenvalue weighted by molar-refractivity contribution is 7.99. The van der Waals surface area contributed by atoms with Crippen molar-refractivity contribution in [3.05, 3.63) is 15.5 Å². The summed E-state index contributed by atoms with van der Waals surface area (Å²) in [5.41, 5.74) is 0. The molecule has 0 saturated heterocycles. The topological polar surface area (TPSA) is 50.2 Å². The van der Waals surface area contributed by atoms with Gasteiger partial charge < -0.3 is 5.11 Å². The van der Waals surface area contributed by atoms with Gasteiger partial charge in [-0.25, -0.2) is 4.98 Å². The van der Waals surface area contributed by atoms with Gasteiger partial charge in [0.05, 0.1) is 5.25 Å². The molecule has 1 aromatic rings. The van der Waals surface area contributed by atoms with E-state index in [0.29, 0.717) is 10.2 Å². The van der Waals surface area contributed by atoms with Crippen molar-refractivity contribution in [1.29, 1.82) is 0 Å². The first-order valence-corrected chi connectivity index (χ1v) is 5.78. The molecule has 72 valence electrons. The van der Waals surface area contributed by atoms with Gasteiger partial charge in [0.25, 0.3) is 0 Å². The number of carboxylic acid groups (broad SMARTS) is 1. The fraction of sp³-hybridized carbons (Fsp3) is 0.429. The summed E-state index contributed by atoms with van der Waals surface area (Å²) in [6.07, 6.45) is 1.68. The predicted molar refractivity (Wildman–Crippen MR) is 55.5 cm³/mol. The lowest BCUT2D eigenvalue weighted by atomic mass is 10.5. The highest BCUT2D eigenvalue weighted by atomic mass is 35.5. The summed E-state index contributed by atoms with van der Waals surface area (Å²) in [5, 5.41) is 8.22. The number of aromatic nitrogens is 1. The van der Waals surface area contributed by atoms with E-state index in [9.17, 15) is 4.79 Å². The Kier molecular flexibility index (Phi) is 4.02. The van der Waals surface area contributed by atoms with Crippen LogP contribution >= 0.6 is 34.7 Å². The quantitative estimate of drug-likeness (QED) is 0.874. The maximum absolute atomic E-state index is 10.5. The van der Waals surface area contributed by atoms with Crippen LogP contribution in [0.15, 0.2) is 6.20 Å². The zero-order chi connectivity index (χ0) is 9.84. The molecule has 0 fully saturated rings. The van der Waals surface area contributed by atoms with Crippen LogP contribution in [0, 0.1) is 0 Å². The number of nitrogens with zero attached hydrogens (tertiary/aromatic N) is 1. The number of hydrogen-bond donors (Lipinski definition) is 1. The first-order chi connectivity index (χ1) is 6.09. The summed E-state index contributed by atoms with van der Waals surface area (Å²) in [6, 6.07) is 0. The molecule has 1 rings (SSSR count). The van der Waals surface area contributed by atoms with Gasteiger partial charge in [-0.15, -0.1) is 23.1 Å². The van der Waals surface area contributed by atoms with Crippen LogP contribution in [0.3, 0.4) is 0 Å². The molecule has 0 amide bonds. The molecule has 1 unspecified atom stereocenters. The zero-order valence-electron chi connectivity index (χ0n) is 6.86. The lowest BCUT2D eigenvalue weighted by Crippen LogP contribution is -2.11. The summed E-state index contributed by atoms with van der Waals surface area (Å²) >= 11 is 8.37. The molecule has 6 heteroatoms. The number of carbonyl (C=O) groups is 1. The monoisotopic (exact) mass is 237 g/mol. The van der Waals surface area contributed by atoms with E-state index in [1.165, 1.54) is 23.1 Å². The third-order valence-electron chi connectivity index (χ3n) is 1.35. The average Bonchev–Trinajstić information content (AvgIpc) is 2.47. The van der Waals surface area contributed by atoms with E-state index in [4.69, 9.17) is 16.7 Å². The average molecular weight is 238 g/mol. The van der Waals surface area contributed by atoms with Crippen molar-refractivity contribution in [3.8, 4) is 0 Å². The largest absolute Gasteiger partial charge is 0.480 e. The molecule has 0 spiro atoms. The summed E-state index contributed by atoms with van der Waals surface area (Å²) in [7, 11) is 0. The highest BCUT2D eigenvalue weighted by Crippen LogP contribution is 2.24. The molecule has 0 saturated carbocycles. The van der Waals surface area contributed by atoms with Crippen molar-refractivity contribution in [2.45, 2.75) is 17.9 Å². The predicted octanol–water partition coefficient (Wildman–Crippen LogP) is 2.50. The van der Waals surface area contributed by atoms with E-state index >= 15 is 0 Å². The molecule has 13 heavy (non-hydrogen) atoms. The lowest BCUT2D eigenvalue weighted by Gasteiger charge is -2.02. The second-order valence-corrected chi connectivity index (χ2v) is 5.40. The second kappa shape index (κ2) is 4.83. The van der Waals surface area contributed by atoms with Crippen LogP contribution in [0.4, 0.5) is 0 Å². The highest BCUT2D eigenvalue weighted by Gasteiger charge is 2.11. The summed E-state index contributed by atoms with van der Waals surface area (Å²) in [5.74, 6) is -0.140. The van der Waals surface area contributed by atoms with Crippen LogP contribution in [-0.4, -0.2) is 21.3 Å². The molecule has 0 bridgehead atoms. The Morgan fingerprint density at radius 2 is 2.62 bits per heavy atom. The Labute approximate surface area is 89.1 Å². The number of carboxylic acids is 1. The van der Waals surface area contributed by atoms with E-state index < -0.39 is 5.97 Å². The smallest absolute Gasteiger partial charge is 0.316 e. The van der Waals surface area contributed by atoms with Gasteiger partial charge in [0, 0.05) is 16.8 Å². The van der Waals surface area contributed by atoms with E-state index in [-0.39, 0.29) is 5.25 Å². The van der Waals surface area contributed by atoms with Crippen LogP contribution in [0.5, 0.6) is 0 Å². The second-order valence-electron chi connectivity index (χ2n) is 2.37. The van der Waals surface area contributed by atoms with Gasteiger partial charge in [-0.05, 0) is 6.92 Å². The number of rotatable bonds is 4. The number of aliphatic carboxylic acids is 1. The molecule has 0 radical (unpaired) electrons. The van der Waals surface area contributed by atoms with E-state index in [1.807, 2.05) is 0 Å². The third kappa shape index (κ3) is 3.54. The Morgan fingerprint density at radius 3 is 3.08 bits per heavy atom. The van der Waals surface area contributed by atoms with Crippen LogP contribution in [0.1, 0.15) is 11.8 Å². The van der Waals surface area contributed by atoms with Gasteiger partial charge in [-0.2, -0.15) is 0 Å². The molecular weight excluding hydrogens is 230 g/mol. The van der Waals surface area contributed by atoms with Crippen molar-refractivity contribution in [2.24, 2.45) is 0 Å². The number of hydrogen-bond acceptors (Lipinski definition) is 4. The third-order valence-corrected chi connectivity index (χ3v) is 3.83. The van der Waals surface area contributed by atoms with Gasteiger partial charge >= 0.3 is 5.97 Å². The first-order valence-electron chi connectivity index (χ1n) is 3.54. The first kappa shape index (κ1) is 10.8. The summed E-state index contributed by atoms with van der Waals surface area (Å²) in [4.78, 5) is 15.3. The van der Waals surface area contributed by atoms with Crippen molar-refractivity contribution in [1.82, 2.24) is 4.98 Å². The fourth-order valence-electron chi connectivity index (χ4n) is 0.629. The Balaban J connectivity index is 2.39. The molecule has 1 heterocycles. The molecule has 0 aliphatic heterocycles. The minimum absolute atomic E-state index is 0.388. The van der Waals surface area contributed by atoms with Crippen molar-refractivity contribution in [2.75, 3.05) is 0 Å². The standard InChI is InChI=1S/C7H8ClNO2S2/c1-4(6(10)11)12-3-5-2-9-7(8)13-5/h2,4H,3H2,1H3,(H,10,11). The van der Waals surface area contributed by atoms with Crippen molar-refractivity contribution in [3.63, 3.8) is 0 Å². The van der Waals surface area contributed by atoms with Crippen molar-refractivity contribution < 1.29 is 9.90 Å². The lowest BCUT2D eigenvalue weighted by molar-refractivity contribution is -0.136. The van der Waals surface area contributed by atoms with Crippen molar-refractivity contribution >= 4 is 40.7 Å². The molecule has 3 nitrogen and oxygen atoms in total. The van der Waals surface area contributed by atoms with Gasteiger partial charge in [0.2, 0.25) is 0 Å². The minimum atomic E-state index is -0.791. The maximum atomic E-state index is 10.5. The molecular formula is C7H8ClNO2S2. The van der Waals surface area contributed by atoms with Gasteiger partial charge in [0.15, 0.2) is 4.47 Å². The van der Waals surface area contributed by atoms with E-state index in [2.05, 4.69) is 4.98 Å². The molecule has 0 aliphatic carbocycles.